The van der Waals surface area contributed by atoms with Crippen molar-refractivity contribution in [2.24, 2.45) is 5.41 Å². The van der Waals surface area contributed by atoms with Gasteiger partial charge in [-0.25, -0.2) is 4.39 Å². The molecule has 2 atom stereocenters. The van der Waals surface area contributed by atoms with Crippen LogP contribution < -0.4 is 5.32 Å². The molecular formula is C27H33FN2O2. The predicted octanol–water partition coefficient (Wildman–Crippen LogP) is 4.62. The molecule has 1 saturated carbocycles. The van der Waals surface area contributed by atoms with Gasteiger partial charge in [0.2, 0.25) is 11.8 Å². The Hall–Kier alpha value is -2.69. The van der Waals surface area contributed by atoms with Gasteiger partial charge >= 0.3 is 0 Å². The molecule has 1 aliphatic heterocycles. The lowest BCUT2D eigenvalue weighted by Gasteiger charge is -2.31. The van der Waals surface area contributed by atoms with Crippen LogP contribution in [0.3, 0.4) is 0 Å². The lowest BCUT2D eigenvalue weighted by atomic mass is 9.84. The summed E-state index contributed by atoms with van der Waals surface area (Å²) in [5, 5.41) is 3.12. The van der Waals surface area contributed by atoms with Crippen molar-refractivity contribution in [1.29, 1.82) is 0 Å². The first-order valence-corrected chi connectivity index (χ1v) is 11.5. The second-order valence-corrected chi connectivity index (χ2v) is 10.4. The smallest absolute Gasteiger partial charge is 0.222 e. The average Bonchev–Trinajstić information content (AvgIpc) is 3.13. The van der Waals surface area contributed by atoms with E-state index in [1.165, 1.54) is 17.7 Å². The van der Waals surface area contributed by atoms with Gasteiger partial charge in [-0.1, -0.05) is 56.3 Å². The molecule has 0 unspecified atom stereocenters. The molecule has 2 aliphatic rings. The SMILES string of the molecule is CN(C[C@]1(c2ccccc2)CC1(C)C)C(=O)CC[C@]1(Cc2ccc(F)cc2)CCC(=O)N1. The molecule has 4 rings (SSSR count). The minimum atomic E-state index is -0.443. The molecule has 1 saturated heterocycles. The van der Waals surface area contributed by atoms with Crippen molar-refractivity contribution in [3.8, 4) is 0 Å². The first-order chi connectivity index (χ1) is 15.1. The van der Waals surface area contributed by atoms with Crippen LogP contribution in [0.15, 0.2) is 54.6 Å². The number of hydrogen-bond donors (Lipinski definition) is 1. The van der Waals surface area contributed by atoms with E-state index in [1.54, 1.807) is 12.1 Å². The molecule has 2 fully saturated rings. The van der Waals surface area contributed by atoms with Crippen LogP contribution in [0.5, 0.6) is 0 Å². The highest BCUT2D eigenvalue weighted by Gasteiger charge is 2.62. The molecule has 4 nitrogen and oxygen atoms in total. The second kappa shape index (κ2) is 8.34. The Morgan fingerprint density at radius 2 is 1.75 bits per heavy atom. The molecule has 1 N–H and O–H groups in total. The lowest BCUT2D eigenvalue weighted by Crippen LogP contribution is -2.45. The third kappa shape index (κ3) is 4.43. The third-order valence-electron chi connectivity index (χ3n) is 7.68. The molecular weight excluding hydrogens is 403 g/mol. The summed E-state index contributed by atoms with van der Waals surface area (Å²) in [6.45, 7) is 5.23. The quantitative estimate of drug-likeness (QED) is 0.656. The topological polar surface area (TPSA) is 49.4 Å². The Kier molecular flexibility index (Phi) is 5.87. The average molecular weight is 437 g/mol. The lowest BCUT2D eigenvalue weighted by molar-refractivity contribution is -0.131. The van der Waals surface area contributed by atoms with Crippen LogP contribution in [0.2, 0.25) is 0 Å². The highest BCUT2D eigenvalue weighted by atomic mass is 19.1. The first-order valence-electron chi connectivity index (χ1n) is 11.5. The number of hydrogen-bond acceptors (Lipinski definition) is 2. The maximum Gasteiger partial charge on any atom is 0.222 e. The Morgan fingerprint density at radius 3 is 2.31 bits per heavy atom. The summed E-state index contributed by atoms with van der Waals surface area (Å²) in [7, 11) is 1.89. The zero-order chi connectivity index (χ0) is 23.0. The maximum atomic E-state index is 13.3. The molecule has 1 heterocycles. The molecule has 0 radical (unpaired) electrons. The summed E-state index contributed by atoms with van der Waals surface area (Å²) in [5.74, 6) is -0.149. The normalized spacial score (nSPS) is 25.9. The number of likely N-dealkylation sites (N-methyl/N-ethyl adjacent to an activating group) is 1. The Morgan fingerprint density at radius 1 is 1.09 bits per heavy atom. The van der Waals surface area contributed by atoms with Gasteiger partial charge in [-0.05, 0) is 54.4 Å². The fraction of sp³-hybridized carbons (Fsp3) is 0.481. The minimum Gasteiger partial charge on any atom is -0.350 e. The number of carbonyl (C=O) groups is 2. The summed E-state index contributed by atoms with van der Waals surface area (Å²) in [4.78, 5) is 27.0. The van der Waals surface area contributed by atoms with E-state index < -0.39 is 5.54 Å². The van der Waals surface area contributed by atoms with E-state index in [-0.39, 0.29) is 28.5 Å². The molecule has 0 spiro atoms. The van der Waals surface area contributed by atoms with E-state index in [0.717, 1.165) is 12.0 Å². The van der Waals surface area contributed by atoms with Crippen molar-refractivity contribution in [3.05, 3.63) is 71.5 Å². The fourth-order valence-electron chi connectivity index (χ4n) is 5.53. The van der Waals surface area contributed by atoms with E-state index >= 15 is 0 Å². The maximum absolute atomic E-state index is 13.3. The van der Waals surface area contributed by atoms with E-state index in [0.29, 0.717) is 38.6 Å². The van der Waals surface area contributed by atoms with E-state index in [4.69, 9.17) is 0 Å². The number of benzene rings is 2. The van der Waals surface area contributed by atoms with Crippen LogP contribution in [0.1, 0.15) is 57.1 Å². The van der Waals surface area contributed by atoms with Gasteiger partial charge in [0.25, 0.3) is 0 Å². The molecule has 2 amide bonds. The van der Waals surface area contributed by atoms with Gasteiger partial charge in [0.05, 0.1) is 0 Å². The van der Waals surface area contributed by atoms with Gasteiger partial charge in [-0.15, -0.1) is 0 Å². The molecule has 2 aromatic carbocycles. The van der Waals surface area contributed by atoms with Gasteiger partial charge in [-0.3, -0.25) is 9.59 Å². The first kappa shape index (κ1) is 22.5. The minimum absolute atomic E-state index is 0.00789. The summed E-state index contributed by atoms with van der Waals surface area (Å²) in [6.07, 6.45) is 3.80. The third-order valence-corrected chi connectivity index (χ3v) is 7.68. The number of rotatable bonds is 8. The van der Waals surface area contributed by atoms with Crippen LogP contribution in [0.4, 0.5) is 4.39 Å². The predicted molar refractivity (Wildman–Crippen MR) is 124 cm³/mol. The van der Waals surface area contributed by atoms with Gasteiger partial charge < -0.3 is 10.2 Å². The van der Waals surface area contributed by atoms with Gasteiger partial charge in [0.15, 0.2) is 0 Å². The highest BCUT2D eigenvalue weighted by Crippen LogP contribution is 2.64. The summed E-state index contributed by atoms with van der Waals surface area (Å²) in [5.41, 5.74) is 1.97. The molecule has 32 heavy (non-hydrogen) atoms. The number of nitrogens with one attached hydrogen (secondary N) is 1. The monoisotopic (exact) mass is 436 g/mol. The zero-order valence-electron chi connectivity index (χ0n) is 19.3. The van der Waals surface area contributed by atoms with E-state index in [2.05, 4.69) is 43.4 Å². The molecule has 1 aliphatic carbocycles. The molecule has 0 aromatic heterocycles. The molecule has 5 heteroatoms. The van der Waals surface area contributed by atoms with Crippen LogP contribution in [0, 0.1) is 11.2 Å². The Balaban J connectivity index is 1.42. The zero-order valence-corrected chi connectivity index (χ0v) is 19.3. The van der Waals surface area contributed by atoms with Gasteiger partial charge in [0, 0.05) is 37.4 Å². The van der Waals surface area contributed by atoms with Crippen LogP contribution in [0.25, 0.3) is 0 Å². The Bertz CT molecular complexity index is 988. The van der Waals surface area contributed by atoms with Crippen molar-refractivity contribution in [1.82, 2.24) is 10.2 Å². The molecule has 0 bridgehead atoms. The van der Waals surface area contributed by atoms with Crippen LogP contribution in [-0.2, 0) is 21.4 Å². The highest BCUT2D eigenvalue weighted by molar-refractivity contribution is 5.80. The second-order valence-electron chi connectivity index (χ2n) is 10.4. The summed E-state index contributed by atoms with van der Waals surface area (Å²) >= 11 is 0. The molecule has 2 aromatic rings. The standard InChI is InChI=1S/C27H33FN2O2/c1-25(2)18-27(25,21-7-5-4-6-8-21)19-30(3)24(32)14-16-26(15-13-23(31)29-26)17-20-9-11-22(28)12-10-20/h4-12H,13-19H2,1-3H3,(H,29,31)/t26-,27-/m0/s1. The largest absolute Gasteiger partial charge is 0.350 e. The van der Waals surface area contributed by atoms with Crippen molar-refractivity contribution in [3.63, 3.8) is 0 Å². The van der Waals surface area contributed by atoms with Gasteiger partial charge in [-0.2, -0.15) is 0 Å². The Labute approximate surface area is 190 Å². The molecule has 170 valence electrons. The number of carbonyl (C=O) groups excluding carboxylic acids is 2. The van der Waals surface area contributed by atoms with Crippen molar-refractivity contribution in [2.75, 3.05) is 13.6 Å². The van der Waals surface area contributed by atoms with Crippen molar-refractivity contribution >= 4 is 11.8 Å². The number of halogens is 1. The van der Waals surface area contributed by atoms with E-state index in [9.17, 15) is 14.0 Å². The van der Waals surface area contributed by atoms with Gasteiger partial charge in [0.1, 0.15) is 5.82 Å². The number of nitrogens with zero attached hydrogens (tertiary/aromatic N) is 1. The van der Waals surface area contributed by atoms with Crippen molar-refractivity contribution in [2.45, 2.75) is 63.3 Å². The fourth-order valence-corrected chi connectivity index (χ4v) is 5.53. The van der Waals surface area contributed by atoms with E-state index in [1.807, 2.05) is 18.0 Å². The van der Waals surface area contributed by atoms with Crippen LogP contribution in [-0.4, -0.2) is 35.8 Å². The number of amides is 2. The summed E-state index contributed by atoms with van der Waals surface area (Å²) in [6, 6.07) is 16.9. The van der Waals surface area contributed by atoms with Crippen LogP contribution >= 0.6 is 0 Å². The van der Waals surface area contributed by atoms with Crippen molar-refractivity contribution < 1.29 is 14.0 Å². The summed E-state index contributed by atoms with van der Waals surface area (Å²) < 4.78 is 13.3.